The van der Waals surface area contributed by atoms with Crippen LogP contribution in [-0.4, -0.2) is 49.4 Å². The van der Waals surface area contributed by atoms with Gasteiger partial charge < -0.3 is 11.5 Å². The highest BCUT2D eigenvalue weighted by Gasteiger charge is 2.06. The van der Waals surface area contributed by atoms with E-state index in [4.69, 9.17) is 33.1 Å². The molecule has 110 valence electrons. The molecule has 0 aromatic rings. The van der Waals surface area contributed by atoms with Crippen LogP contribution in [0, 0.1) is 0 Å². The Morgan fingerprint density at radius 1 is 0.611 bits per heavy atom. The van der Waals surface area contributed by atoms with E-state index in [0.717, 1.165) is 51.9 Å². The molecular formula is C10H28N6O2. The average Bonchev–Trinajstić information content (AvgIpc) is 2.41. The minimum Gasteiger partial charge on any atom is -0.330 e. The first kappa shape index (κ1) is 17.7. The van der Waals surface area contributed by atoms with E-state index in [0.29, 0.717) is 13.1 Å². The largest absolute Gasteiger partial charge is 0.330 e. The third kappa shape index (κ3) is 9.68. The van der Waals surface area contributed by atoms with E-state index in [2.05, 4.69) is 0 Å². The maximum absolute atomic E-state index is 5.42. The van der Waals surface area contributed by atoms with Gasteiger partial charge in [0.2, 0.25) is 0 Å². The van der Waals surface area contributed by atoms with Crippen molar-refractivity contribution in [2.75, 3.05) is 39.3 Å². The maximum atomic E-state index is 5.42. The SMILES string of the molecule is NCCCN(CCCCN(CCCN)ON)ON. The molecule has 0 radical (unpaired) electrons. The molecule has 0 rings (SSSR count). The van der Waals surface area contributed by atoms with Crippen molar-refractivity contribution >= 4 is 0 Å². The number of rotatable bonds is 13. The fourth-order valence-electron chi connectivity index (χ4n) is 1.55. The summed E-state index contributed by atoms with van der Waals surface area (Å²) in [7, 11) is 0. The van der Waals surface area contributed by atoms with Crippen molar-refractivity contribution in [3.63, 3.8) is 0 Å². The highest BCUT2D eigenvalue weighted by Crippen LogP contribution is 1.99. The molecule has 0 saturated heterocycles. The number of nitrogens with zero attached hydrogens (tertiary/aromatic N) is 2. The van der Waals surface area contributed by atoms with E-state index in [1.54, 1.807) is 10.1 Å². The predicted octanol–water partition coefficient (Wildman–Crippen LogP) is -1.32. The summed E-state index contributed by atoms with van der Waals surface area (Å²) in [5, 5.41) is 3.42. The van der Waals surface area contributed by atoms with Gasteiger partial charge in [-0.25, -0.2) is 9.88 Å². The molecule has 18 heavy (non-hydrogen) atoms. The minimum absolute atomic E-state index is 0.633. The Bertz CT molecular complexity index is 156. The van der Waals surface area contributed by atoms with Crippen LogP contribution in [-0.2, 0) is 9.88 Å². The van der Waals surface area contributed by atoms with Gasteiger partial charge in [0.05, 0.1) is 0 Å². The third-order valence-electron chi connectivity index (χ3n) is 2.59. The molecule has 0 fully saturated rings. The van der Waals surface area contributed by atoms with Crippen molar-refractivity contribution in [1.82, 2.24) is 10.1 Å². The van der Waals surface area contributed by atoms with Gasteiger partial charge in [-0.15, -0.1) is 0 Å². The molecule has 8 heteroatoms. The summed E-state index contributed by atoms with van der Waals surface area (Å²) in [5.41, 5.74) is 10.8. The maximum Gasteiger partial charge on any atom is 0.0271 e. The molecule has 0 aliphatic rings. The summed E-state index contributed by atoms with van der Waals surface area (Å²) < 4.78 is 0. The van der Waals surface area contributed by atoms with Crippen molar-refractivity contribution in [3.8, 4) is 0 Å². The van der Waals surface area contributed by atoms with E-state index in [1.807, 2.05) is 0 Å². The van der Waals surface area contributed by atoms with Crippen LogP contribution in [0.5, 0.6) is 0 Å². The van der Waals surface area contributed by atoms with E-state index in [9.17, 15) is 0 Å². The number of hydroxylamine groups is 4. The topological polar surface area (TPSA) is 129 Å². The van der Waals surface area contributed by atoms with Crippen LogP contribution in [0.2, 0.25) is 0 Å². The second-order valence-corrected chi connectivity index (χ2v) is 4.06. The Balaban J connectivity index is 3.55. The van der Waals surface area contributed by atoms with Gasteiger partial charge in [0, 0.05) is 26.2 Å². The van der Waals surface area contributed by atoms with Crippen molar-refractivity contribution in [1.29, 1.82) is 0 Å². The van der Waals surface area contributed by atoms with Gasteiger partial charge in [0.15, 0.2) is 0 Å². The highest BCUT2D eigenvalue weighted by molar-refractivity contribution is 4.52. The van der Waals surface area contributed by atoms with E-state index in [1.165, 1.54) is 0 Å². The predicted molar refractivity (Wildman–Crippen MR) is 70.3 cm³/mol. The molecule has 8 nitrogen and oxygen atoms in total. The standard InChI is InChI=1S/C10H28N6O2/c11-5-3-9-15(17-13)7-1-2-8-16(18-14)10-4-6-12/h1-14H2. The molecule has 8 N–H and O–H groups in total. The molecule has 0 spiro atoms. The molecule has 0 aliphatic heterocycles. The Hall–Kier alpha value is -0.320. The Morgan fingerprint density at radius 2 is 0.944 bits per heavy atom. The fraction of sp³-hybridized carbons (Fsp3) is 1.00. The summed E-state index contributed by atoms with van der Waals surface area (Å²) >= 11 is 0. The molecule has 0 aromatic carbocycles. The Labute approximate surface area is 109 Å². The average molecular weight is 264 g/mol. The third-order valence-corrected chi connectivity index (χ3v) is 2.59. The molecule has 0 aromatic heterocycles. The second-order valence-electron chi connectivity index (χ2n) is 4.06. The quantitative estimate of drug-likeness (QED) is 0.238. The number of hydrogen-bond acceptors (Lipinski definition) is 8. The number of nitrogens with two attached hydrogens (primary N) is 4. The van der Waals surface area contributed by atoms with E-state index in [-0.39, 0.29) is 0 Å². The summed E-state index contributed by atoms with van der Waals surface area (Å²) in [4.78, 5) is 9.48. The van der Waals surface area contributed by atoms with Gasteiger partial charge in [-0.3, -0.25) is 0 Å². The van der Waals surface area contributed by atoms with Crippen molar-refractivity contribution in [3.05, 3.63) is 0 Å². The molecule has 0 bridgehead atoms. The van der Waals surface area contributed by atoms with Gasteiger partial charge in [-0.2, -0.15) is 21.9 Å². The Morgan fingerprint density at radius 3 is 1.22 bits per heavy atom. The van der Waals surface area contributed by atoms with Gasteiger partial charge in [0.1, 0.15) is 0 Å². The van der Waals surface area contributed by atoms with Gasteiger partial charge in [-0.05, 0) is 38.8 Å². The molecule has 0 amide bonds. The first-order valence-electron chi connectivity index (χ1n) is 6.42. The summed E-state index contributed by atoms with van der Waals surface area (Å²) in [6.07, 6.45) is 3.63. The van der Waals surface area contributed by atoms with Crippen LogP contribution in [0.15, 0.2) is 0 Å². The van der Waals surface area contributed by atoms with Crippen LogP contribution in [0.1, 0.15) is 25.7 Å². The zero-order chi connectivity index (χ0) is 13.6. The van der Waals surface area contributed by atoms with E-state index < -0.39 is 0 Å². The lowest BCUT2D eigenvalue weighted by Crippen LogP contribution is -2.33. The minimum atomic E-state index is 0.633. The summed E-state index contributed by atoms with van der Waals surface area (Å²) in [5.74, 6) is 10.3. The normalized spacial score (nSPS) is 11.7. The number of unbranched alkanes of at least 4 members (excludes halogenated alkanes) is 1. The highest BCUT2D eigenvalue weighted by atomic mass is 16.8. The summed E-state index contributed by atoms with van der Waals surface area (Å²) in [6, 6.07) is 0. The van der Waals surface area contributed by atoms with Crippen LogP contribution in [0.25, 0.3) is 0 Å². The zero-order valence-corrected chi connectivity index (χ0v) is 11.1. The van der Waals surface area contributed by atoms with Crippen LogP contribution < -0.4 is 23.3 Å². The van der Waals surface area contributed by atoms with Crippen molar-refractivity contribution < 1.29 is 9.88 Å². The molecule has 0 heterocycles. The van der Waals surface area contributed by atoms with Crippen LogP contribution >= 0.6 is 0 Å². The lowest BCUT2D eigenvalue weighted by atomic mass is 10.3. The van der Waals surface area contributed by atoms with Crippen molar-refractivity contribution in [2.45, 2.75) is 25.7 Å². The monoisotopic (exact) mass is 264 g/mol. The summed E-state index contributed by atoms with van der Waals surface area (Å²) in [6.45, 7) is 4.30. The van der Waals surface area contributed by atoms with Crippen LogP contribution in [0.3, 0.4) is 0 Å². The molecule has 0 atom stereocenters. The molecule has 0 aliphatic carbocycles. The first-order chi connectivity index (χ1) is 8.78. The Kier molecular flexibility index (Phi) is 12.9. The van der Waals surface area contributed by atoms with Gasteiger partial charge in [0.25, 0.3) is 0 Å². The lowest BCUT2D eigenvalue weighted by molar-refractivity contribution is -0.172. The van der Waals surface area contributed by atoms with E-state index >= 15 is 0 Å². The number of hydrogen-bond donors (Lipinski definition) is 4. The van der Waals surface area contributed by atoms with Crippen molar-refractivity contribution in [2.24, 2.45) is 23.3 Å². The molecule has 0 saturated carbocycles. The van der Waals surface area contributed by atoms with Gasteiger partial charge >= 0.3 is 0 Å². The first-order valence-corrected chi connectivity index (χ1v) is 6.42. The second kappa shape index (κ2) is 13.1. The fourth-order valence-corrected chi connectivity index (χ4v) is 1.55. The lowest BCUT2D eigenvalue weighted by Gasteiger charge is -2.20. The molecular weight excluding hydrogens is 236 g/mol. The van der Waals surface area contributed by atoms with Gasteiger partial charge in [-0.1, -0.05) is 0 Å². The smallest absolute Gasteiger partial charge is 0.0271 e. The zero-order valence-electron chi connectivity index (χ0n) is 11.1. The molecule has 0 unspecified atom stereocenters. The van der Waals surface area contributed by atoms with Crippen LogP contribution in [0.4, 0.5) is 0 Å².